The summed E-state index contributed by atoms with van der Waals surface area (Å²) in [6, 6.07) is 8.19. The van der Waals surface area contributed by atoms with Gasteiger partial charge in [0.2, 0.25) is 0 Å². The van der Waals surface area contributed by atoms with Gasteiger partial charge in [-0.1, -0.05) is 0 Å². The number of methoxy groups -OCH3 is 1. The van der Waals surface area contributed by atoms with Gasteiger partial charge in [-0.15, -0.1) is 0 Å². The van der Waals surface area contributed by atoms with E-state index in [-0.39, 0.29) is 0 Å². The first kappa shape index (κ1) is 18.2. The van der Waals surface area contributed by atoms with Crippen molar-refractivity contribution < 1.29 is 13.6 Å². The monoisotopic (exact) mass is 346 g/mol. The third kappa shape index (κ3) is 5.46. The molecule has 0 bridgehead atoms. The first-order valence-corrected chi connectivity index (χ1v) is 9.15. The predicted molar refractivity (Wildman–Crippen MR) is 97.2 cm³/mol. The van der Waals surface area contributed by atoms with Crippen LogP contribution in [0.4, 0.5) is 0 Å². The topological polar surface area (TPSA) is 42.0 Å². The molecule has 1 fully saturated rings. The van der Waals surface area contributed by atoms with E-state index >= 15 is 0 Å². The van der Waals surface area contributed by atoms with E-state index in [1.807, 2.05) is 19.1 Å². The molecule has 2 aromatic rings. The van der Waals surface area contributed by atoms with Crippen LogP contribution in [0.3, 0.4) is 0 Å². The summed E-state index contributed by atoms with van der Waals surface area (Å²) in [7, 11) is 3.87. The number of nitrogens with zero attached hydrogens (tertiary/aromatic N) is 2. The lowest BCUT2D eigenvalue weighted by molar-refractivity contribution is 0.135. The van der Waals surface area contributed by atoms with E-state index in [0.717, 1.165) is 61.7 Å². The van der Waals surface area contributed by atoms with E-state index in [1.54, 1.807) is 7.11 Å². The van der Waals surface area contributed by atoms with Gasteiger partial charge in [0.1, 0.15) is 29.6 Å². The molecule has 1 aliphatic rings. The first-order chi connectivity index (χ1) is 12.1. The van der Waals surface area contributed by atoms with Crippen molar-refractivity contribution in [1.29, 1.82) is 0 Å². The van der Waals surface area contributed by atoms with Crippen LogP contribution in [0.1, 0.15) is 35.9 Å². The molecule has 0 amide bonds. The quantitative estimate of drug-likeness (QED) is 0.729. The van der Waals surface area contributed by atoms with Crippen LogP contribution in [-0.4, -0.2) is 43.6 Å². The Kier molecular flexibility index (Phi) is 6.34. The van der Waals surface area contributed by atoms with Crippen molar-refractivity contribution in [2.45, 2.75) is 39.5 Å². The number of furan rings is 2. The summed E-state index contributed by atoms with van der Waals surface area (Å²) >= 11 is 0. The molecule has 0 unspecified atom stereocenters. The molecule has 0 N–H and O–H groups in total. The molecule has 0 radical (unpaired) electrons. The van der Waals surface area contributed by atoms with E-state index in [9.17, 15) is 0 Å². The van der Waals surface area contributed by atoms with Crippen molar-refractivity contribution in [3.63, 3.8) is 0 Å². The third-order valence-corrected chi connectivity index (χ3v) is 4.88. The van der Waals surface area contributed by atoms with Crippen LogP contribution in [0.5, 0.6) is 0 Å². The van der Waals surface area contributed by atoms with Gasteiger partial charge in [-0.25, -0.2) is 0 Å². The standard InChI is InChI=1S/C20H30N2O3/c1-16-4-5-19(24-16)14-22-10-8-17(9-11-22)12-21(2)13-18-6-7-20(25-18)15-23-3/h4-7,17H,8-15H2,1-3H3. The summed E-state index contributed by atoms with van der Waals surface area (Å²) in [6.45, 7) is 7.75. The molecule has 1 aliphatic heterocycles. The van der Waals surface area contributed by atoms with Crippen molar-refractivity contribution in [1.82, 2.24) is 9.80 Å². The predicted octanol–water partition coefficient (Wildman–Crippen LogP) is 3.67. The largest absolute Gasteiger partial charge is 0.465 e. The fraction of sp³-hybridized carbons (Fsp3) is 0.600. The lowest BCUT2D eigenvalue weighted by atomic mass is 9.96. The molecule has 0 aliphatic carbocycles. The zero-order valence-electron chi connectivity index (χ0n) is 15.7. The minimum absolute atomic E-state index is 0.539. The van der Waals surface area contributed by atoms with Gasteiger partial charge in [0.05, 0.1) is 13.1 Å². The highest BCUT2D eigenvalue weighted by molar-refractivity contribution is 5.07. The zero-order chi connectivity index (χ0) is 17.6. The number of aryl methyl sites for hydroxylation is 1. The van der Waals surface area contributed by atoms with E-state index < -0.39 is 0 Å². The molecule has 0 saturated carbocycles. The van der Waals surface area contributed by atoms with Crippen LogP contribution in [-0.2, 0) is 24.4 Å². The molecule has 3 heterocycles. The molecule has 1 saturated heterocycles. The van der Waals surface area contributed by atoms with Gasteiger partial charge in [0.15, 0.2) is 0 Å². The maximum atomic E-state index is 5.78. The maximum absolute atomic E-state index is 5.78. The lowest BCUT2D eigenvalue weighted by Crippen LogP contribution is -2.37. The average molecular weight is 346 g/mol. The molecular weight excluding hydrogens is 316 g/mol. The Morgan fingerprint density at radius 3 is 2.48 bits per heavy atom. The van der Waals surface area contributed by atoms with Crippen LogP contribution < -0.4 is 0 Å². The third-order valence-electron chi connectivity index (χ3n) is 4.88. The fourth-order valence-corrected chi connectivity index (χ4v) is 3.62. The number of likely N-dealkylation sites (tertiary alicyclic amines) is 1. The van der Waals surface area contributed by atoms with E-state index in [4.69, 9.17) is 13.6 Å². The molecule has 5 heteroatoms. The molecule has 3 rings (SSSR count). The highest BCUT2D eigenvalue weighted by Gasteiger charge is 2.21. The summed E-state index contributed by atoms with van der Waals surface area (Å²) in [5, 5.41) is 0. The molecule has 138 valence electrons. The second kappa shape index (κ2) is 8.70. The zero-order valence-corrected chi connectivity index (χ0v) is 15.7. The van der Waals surface area contributed by atoms with Gasteiger partial charge in [-0.3, -0.25) is 9.80 Å². The summed E-state index contributed by atoms with van der Waals surface area (Å²) in [4.78, 5) is 4.87. The second-order valence-electron chi connectivity index (χ2n) is 7.23. The Balaban J connectivity index is 1.39. The van der Waals surface area contributed by atoms with Gasteiger partial charge < -0.3 is 13.6 Å². The van der Waals surface area contributed by atoms with Crippen molar-refractivity contribution in [2.75, 3.05) is 33.8 Å². The summed E-state index contributed by atoms with van der Waals surface area (Å²) < 4.78 is 16.6. The van der Waals surface area contributed by atoms with Gasteiger partial charge >= 0.3 is 0 Å². The van der Waals surface area contributed by atoms with E-state index in [2.05, 4.69) is 29.0 Å². The highest BCUT2D eigenvalue weighted by atomic mass is 16.5. The maximum Gasteiger partial charge on any atom is 0.129 e. The lowest BCUT2D eigenvalue weighted by Gasteiger charge is -2.33. The van der Waals surface area contributed by atoms with E-state index in [1.165, 1.54) is 12.8 Å². The number of piperidine rings is 1. The van der Waals surface area contributed by atoms with Gasteiger partial charge in [-0.05, 0) is 70.1 Å². The summed E-state index contributed by atoms with van der Waals surface area (Å²) in [5.74, 6) is 4.75. The molecule has 0 aromatic carbocycles. The molecule has 0 spiro atoms. The summed E-state index contributed by atoms with van der Waals surface area (Å²) in [6.07, 6.45) is 2.49. The van der Waals surface area contributed by atoms with Gasteiger partial charge in [-0.2, -0.15) is 0 Å². The Bertz CT molecular complexity index is 641. The molecule has 2 aromatic heterocycles. The van der Waals surface area contributed by atoms with Gasteiger partial charge in [0.25, 0.3) is 0 Å². The van der Waals surface area contributed by atoms with Crippen LogP contribution in [0, 0.1) is 12.8 Å². The molecule has 25 heavy (non-hydrogen) atoms. The minimum Gasteiger partial charge on any atom is -0.465 e. The molecule has 5 nitrogen and oxygen atoms in total. The van der Waals surface area contributed by atoms with Crippen molar-refractivity contribution in [2.24, 2.45) is 5.92 Å². The summed E-state index contributed by atoms with van der Waals surface area (Å²) in [5.41, 5.74) is 0. The van der Waals surface area contributed by atoms with Crippen LogP contribution >= 0.6 is 0 Å². The van der Waals surface area contributed by atoms with E-state index in [0.29, 0.717) is 6.61 Å². The average Bonchev–Trinajstić information content (AvgIpc) is 3.19. The fourth-order valence-electron chi connectivity index (χ4n) is 3.62. The normalized spacial score (nSPS) is 16.8. The minimum atomic E-state index is 0.539. The van der Waals surface area contributed by atoms with Crippen molar-refractivity contribution in [3.8, 4) is 0 Å². The van der Waals surface area contributed by atoms with Crippen LogP contribution in [0.25, 0.3) is 0 Å². The van der Waals surface area contributed by atoms with Crippen LogP contribution in [0.15, 0.2) is 33.1 Å². The Labute approximate surface area is 150 Å². The molecule has 0 atom stereocenters. The number of hydrogen-bond acceptors (Lipinski definition) is 5. The molecular formula is C20H30N2O3. The van der Waals surface area contributed by atoms with Crippen molar-refractivity contribution in [3.05, 3.63) is 47.3 Å². The Morgan fingerprint density at radius 1 is 1.08 bits per heavy atom. The Hall–Kier alpha value is -1.56. The van der Waals surface area contributed by atoms with Crippen molar-refractivity contribution >= 4 is 0 Å². The van der Waals surface area contributed by atoms with Gasteiger partial charge in [0, 0.05) is 13.7 Å². The first-order valence-electron chi connectivity index (χ1n) is 9.15. The van der Waals surface area contributed by atoms with Crippen LogP contribution in [0.2, 0.25) is 0 Å². The number of ether oxygens (including phenoxy) is 1. The second-order valence-corrected chi connectivity index (χ2v) is 7.23. The SMILES string of the molecule is COCc1ccc(CN(C)CC2CCN(Cc3ccc(C)o3)CC2)o1. The number of hydrogen-bond donors (Lipinski definition) is 0. The highest BCUT2D eigenvalue weighted by Crippen LogP contribution is 2.21. The number of rotatable bonds is 8. The Morgan fingerprint density at radius 2 is 1.80 bits per heavy atom. The smallest absolute Gasteiger partial charge is 0.129 e.